The van der Waals surface area contributed by atoms with E-state index in [2.05, 4.69) is 10.3 Å². The Hall–Kier alpha value is -2.38. The maximum Gasteiger partial charge on any atom is 0.442 e. The number of carbonyl (C=O) groups is 2. The average molecular weight is 327 g/mol. The van der Waals surface area contributed by atoms with Crippen LogP contribution >= 0.6 is 0 Å². The van der Waals surface area contributed by atoms with Crippen LogP contribution < -0.4 is 10.6 Å². The van der Waals surface area contributed by atoms with Gasteiger partial charge in [0.15, 0.2) is 0 Å². The number of hydrogen-bond donors (Lipinski definition) is 2. The van der Waals surface area contributed by atoms with Crippen molar-refractivity contribution >= 4 is 17.6 Å². The van der Waals surface area contributed by atoms with E-state index in [1.807, 2.05) is 0 Å². The lowest BCUT2D eigenvalue weighted by atomic mass is 9.94. The fourth-order valence-electron chi connectivity index (χ4n) is 1.88. The summed E-state index contributed by atoms with van der Waals surface area (Å²) in [6, 6.07) is 7.91. The number of aliphatic imine (C=N–C) groups is 1. The molecule has 1 aliphatic heterocycles. The minimum Gasteiger partial charge on any atom is -0.316 e. The molecule has 0 aliphatic carbocycles. The molecule has 1 heterocycles. The molecule has 0 saturated carbocycles. The van der Waals surface area contributed by atoms with Crippen molar-refractivity contribution in [2.24, 2.45) is 10.4 Å². The van der Waals surface area contributed by atoms with Gasteiger partial charge in [0.25, 0.3) is 5.91 Å². The Kier molecular flexibility index (Phi) is 3.96. The van der Waals surface area contributed by atoms with Gasteiger partial charge in [0.05, 0.1) is 0 Å². The maximum absolute atomic E-state index is 13.5. The van der Waals surface area contributed by atoms with Crippen molar-refractivity contribution in [1.29, 1.82) is 0 Å². The van der Waals surface area contributed by atoms with Gasteiger partial charge in [0.1, 0.15) is 5.84 Å². The van der Waals surface area contributed by atoms with E-state index in [1.54, 1.807) is 23.5 Å². The number of amidine groups is 1. The number of carbonyl (C=O) groups excluding carboxylic acids is 2. The van der Waals surface area contributed by atoms with Crippen LogP contribution in [0.3, 0.4) is 0 Å². The van der Waals surface area contributed by atoms with E-state index in [0.717, 1.165) is 0 Å². The van der Waals surface area contributed by atoms with Crippen molar-refractivity contribution in [2.45, 2.75) is 32.6 Å². The number of nitrogens with one attached hydrogen (secondary N) is 2. The zero-order valence-electron chi connectivity index (χ0n) is 12.8. The SMILES string of the molecule is CC(C)(C)C(=O)N[C@@]1(C(F)(F)F)N=C(c2ccccc2)NC1=O. The standard InChI is InChI=1S/C15H16F3N3O2/c1-13(2,3)11(22)21-14(15(16,17)18)12(23)19-10(20-14)9-7-5-4-6-8-9/h4-8H,1-3H3,(H,21,22)(H,19,20,23)/t14-/m0/s1. The fraction of sp³-hybridized carbons (Fsp3) is 0.400. The first kappa shape index (κ1) is 17.0. The van der Waals surface area contributed by atoms with Crippen LogP contribution in [-0.4, -0.2) is 29.5 Å². The van der Waals surface area contributed by atoms with Gasteiger partial charge in [-0.1, -0.05) is 51.1 Å². The first-order chi connectivity index (χ1) is 10.5. The largest absolute Gasteiger partial charge is 0.442 e. The predicted molar refractivity (Wildman–Crippen MR) is 77.5 cm³/mol. The molecular formula is C15H16F3N3O2. The van der Waals surface area contributed by atoms with Gasteiger partial charge in [0, 0.05) is 11.0 Å². The number of rotatable bonds is 2. The molecule has 1 aromatic rings. The quantitative estimate of drug-likeness (QED) is 0.872. The van der Waals surface area contributed by atoms with Crippen LogP contribution in [0.2, 0.25) is 0 Å². The van der Waals surface area contributed by atoms with Gasteiger partial charge in [-0.25, -0.2) is 4.99 Å². The summed E-state index contributed by atoms with van der Waals surface area (Å²) >= 11 is 0. The molecule has 0 fully saturated rings. The lowest BCUT2D eigenvalue weighted by Crippen LogP contribution is -2.64. The Morgan fingerprint density at radius 3 is 2.22 bits per heavy atom. The van der Waals surface area contributed by atoms with Crippen molar-refractivity contribution < 1.29 is 22.8 Å². The van der Waals surface area contributed by atoms with E-state index in [0.29, 0.717) is 5.56 Å². The molecule has 2 N–H and O–H groups in total. The summed E-state index contributed by atoms with van der Waals surface area (Å²) in [5, 5.41) is 3.86. The first-order valence-corrected chi connectivity index (χ1v) is 6.83. The lowest BCUT2D eigenvalue weighted by Gasteiger charge is -2.30. The van der Waals surface area contributed by atoms with Crippen LogP contribution in [0, 0.1) is 5.41 Å². The first-order valence-electron chi connectivity index (χ1n) is 6.83. The van der Waals surface area contributed by atoms with E-state index in [4.69, 9.17) is 0 Å². The monoisotopic (exact) mass is 327 g/mol. The Labute approximate surface area is 131 Å². The summed E-state index contributed by atoms with van der Waals surface area (Å²) in [5.41, 5.74) is -4.11. The summed E-state index contributed by atoms with van der Waals surface area (Å²) in [5.74, 6) is -2.59. The van der Waals surface area contributed by atoms with Gasteiger partial charge in [0.2, 0.25) is 5.91 Å². The zero-order valence-corrected chi connectivity index (χ0v) is 12.8. The van der Waals surface area contributed by atoms with E-state index >= 15 is 0 Å². The predicted octanol–water partition coefficient (Wildman–Crippen LogP) is 1.98. The molecule has 2 amide bonds. The van der Waals surface area contributed by atoms with Gasteiger partial charge < -0.3 is 10.6 Å². The molecule has 0 spiro atoms. The molecular weight excluding hydrogens is 311 g/mol. The molecule has 0 saturated heterocycles. The molecule has 0 aromatic heterocycles. The van der Waals surface area contributed by atoms with Crippen molar-refractivity contribution in [3.8, 4) is 0 Å². The summed E-state index contributed by atoms with van der Waals surface area (Å²) in [7, 11) is 0. The van der Waals surface area contributed by atoms with Gasteiger partial charge in [-0.15, -0.1) is 0 Å². The van der Waals surface area contributed by atoms with Crippen molar-refractivity contribution in [3.63, 3.8) is 0 Å². The van der Waals surface area contributed by atoms with Crippen LogP contribution in [0.5, 0.6) is 0 Å². The molecule has 1 atom stereocenters. The second kappa shape index (κ2) is 5.36. The minimum atomic E-state index is -5.07. The number of halogens is 3. The maximum atomic E-state index is 13.5. The second-order valence-electron chi connectivity index (χ2n) is 6.19. The summed E-state index contributed by atoms with van der Waals surface area (Å²) in [4.78, 5) is 27.5. The molecule has 23 heavy (non-hydrogen) atoms. The number of amides is 2. The molecule has 5 nitrogen and oxygen atoms in total. The fourth-order valence-corrected chi connectivity index (χ4v) is 1.88. The van der Waals surface area contributed by atoms with Crippen LogP contribution in [0.25, 0.3) is 0 Å². The summed E-state index contributed by atoms with van der Waals surface area (Å²) in [6.45, 7) is 4.34. The molecule has 8 heteroatoms. The average Bonchev–Trinajstić information content (AvgIpc) is 2.77. The van der Waals surface area contributed by atoms with Crippen molar-refractivity contribution in [1.82, 2.24) is 10.6 Å². The number of nitrogens with zero attached hydrogens (tertiary/aromatic N) is 1. The highest BCUT2D eigenvalue weighted by molar-refractivity contribution is 6.16. The third-order valence-electron chi connectivity index (χ3n) is 3.27. The third-order valence-corrected chi connectivity index (χ3v) is 3.27. The minimum absolute atomic E-state index is 0.234. The molecule has 124 valence electrons. The number of alkyl halides is 3. The Morgan fingerprint density at radius 2 is 1.74 bits per heavy atom. The third kappa shape index (κ3) is 3.06. The Balaban J connectivity index is 2.49. The summed E-state index contributed by atoms with van der Waals surface area (Å²) in [6.07, 6.45) is -5.07. The van der Waals surface area contributed by atoms with Crippen LogP contribution in [0.15, 0.2) is 35.3 Å². The van der Waals surface area contributed by atoms with Crippen LogP contribution in [-0.2, 0) is 9.59 Å². The Bertz CT molecular complexity index is 663. The lowest BCUT2D eigenvalue weighted by molar-refractivity contribution is -0.198. The smallest absolute Gasteiger partial charge is 0.316 e. The molecule has 0 unspecified atom stereocenters. The van der Waals surface area contributed by atoms with Crippen molar-refractivity contribution in [2.75, 3.05) is 0 Å². The van der Waals surface area contributed by atoms with Gasteiger partial charge >= 0.3 is 11.8 Å². The topological polar surface area (TPSA) is 70.6 Å². The van der Waals surface area contributed by atoms with E-state index in [-0.39, 0.29) is 5.84 Å². The van der Waals surface area contributed by atoms with E-state index < -0.39 is 29.1 Å². The van der Waals surface area contributed by atoms with E-state index in [9.17, 15) is 22.8 Å². The molecule has 0 bridgehead atoms. The van der Waals surface area contributed by atoms with Crippen molar-refractivity contribution in [3.05, 3.63) is 35.9 Å². The molecule has 1 aromatic carbocycles. The molecule has 0 radical (unpaired) electrons. The molecule has 2 rings (SSSR count). The highest BCUT2D eigenvalue weighted by Crippen LogP contribution is 2.36. The zero-order chi connectivity index (χ0) is 17.5. The normalized spacial score (nSPS) is 21.7. The molecule has 1 aliphatic rings. The summed E-state index contributed by atoms with van der Waals surface area (Å²) < 4.78 is 40.6. The number of hydrogen-bond acceptors (Lipinski definition) is 3. The van der Waals surface area contributed by atoms with Gasteiger partial charge in [-0.3, -0.25) is 9.59 Å². The van der Waals surface area contributed by atoms with Gasteiger partial charge in [-0.05, 0) is 0 Å². The van der Waals surface area contributed by atoms with E-state index in [1.165, 1.54) is 32.9 Å². The second-order valence-corrected chi connectivity index (χ2v) is 6.19. The highest BCUT2D eigenvalue weighted by Gasteiger charge is 2.65. The van der Waals surface area contributed by atoms with Crippen LogP contribution in [0.1, 0.15) is 26.3 Å². The highest BCUT2D eigenvalue weighted by atomic mass is 19.4. The number of benzene rings is 1. The Morgan fingerprint density at radius 1 is 1.17 bits per heavy atom. The van der Waals surface area contributed by atoms with Crippen LogP contribution in [0.4, 0.5) is 13.2 Å². The van der Waals surface area contributed by atoms with Gasteiger partial charge in [-0.2, -0.15) is 13.2 Å².